The number of hydrogen-bond acceptors (Lipinski definition) is 2. The molecule has 0 unspecified atom stereocenters. The zero-order valence-corrected chi connectivity index (χ0v) is 16.4. The average Bonchev–Trinajstić information content (AvgIpc) is 2.47. The quantitative estimate of drug-likeness (QED) is 0.847. The first kappa shape index (κ1) is 21.4. The smallest absolute Gasteiger partial charge is 0.307 e. The van der Waals surface area contributed by atoms with Crippen LogP contribution in [-0.4, -0.2) is 22.2 Å². The molecule has 0 bridgehead atoms. The van der Waals surface area contributed by atoms with Gasteiger partial charge in [0.2, 0.25) is 0 Å². The fourth-order valence-corrected chi connectivity index (χ4v) is 3.28. The Hall–Kier alpha value is -2.62. The molecule has 0 heterocycles. The lowest BCUT2D eigenvalue weighted by Crippen LogP contribution is -2.04. The van der Waals surface area contributed by atoms with Gasteiger partial charge in [0.25, 0.3) is 0 Å². The lowest BCUT2D eigenvalue weighted by Gasteiger charge is -2.08. The molecule has 0 aliphatic carbocycles. The van der Waals surface area contributed by atoms with Crippen molar-refractivity contribution in [3.8, 4) is 0 Å². The summed E-state index contributed by atoms with van der Waals surface area (Å²) < 4.78 is 0. The number of hydrogen-bond donors (Lipinski definition) is 2. The second-order valence-electron chi connectivity index (χ2n) is 6.90. The van der Waals surface area contributed by atoms with E-state index in [1.165, 1.54) is 11.1 Å². The highest BCUT2D eigenvalue weighted by atomic mass is 16.4. The van der Waals surface area contributed by atoms with Crippen molar-refractivity contribution in [3.63, 3.8) is 0 Å². The first-order chi connectivity index (χ1) is 12.0. The standard InChI is InChI=1S/2C11H14O2/c2*1-7-4-8(2)10(6-11(12)13)9(3)5-7/h2*4-5H,6H2,1-3H3,(H,12,13). The van der Waals surface area contributed by atoms with E-state index in [-0.39, 0.29) is 12.8 Å². The summed E-state index contributed by atoms with van der Waals surface area (Å²) in [6, 6.07) is 8.08. The van der Waals surface area contributed by atoms with Crippen LogP contribution in [0.15, 0.2) is 24.3 Å². The van der Waals surface area contributed by atoms with Crippen molar-refractivity contribution >= 4 is 11.9 Å². The van der Waals surface area contributed by atoms with Gasteiger partial charge < -0.3 is 10.2 Å². The fourth-order valence-electron chi connectivity index (χ4n) is 3.28. The Morgan fingerprint density at radius 1 is 0.615 bits per heavy atom. The zero-order valence-electron chi connectivity index (χ0n) is 16.4. The number of benzene rings is 2. The van der Waals surface area contributed by atoms with E-state index in [2.05, 4.69) is 0 Å². The highest BCUT2D eigenvalue weighted by Gasteiger charge is 2.08. The minimum Gasteiger partial charge on any atom is -0.481 e. The van der Waals surface area contributed by atoms with E-state index in [1.54, 1.807) is 0 Å². The Morgan fingerprint density at radius 3 is 1.04 bits per heavy atom. The highest BCUT2D eigenvalue weighted by molar-refractivity contribution is 5.72. The first-order valence-electron chi connectivity index (χ1n) is 8.58. The van der Waals surface area contributed by atoms with Gasteiger partial charge in [0.1, 0.15) is 0 Å². The van der Waals surface area contributed by atoms with Crippen LogP contribution >= 0.6 is 0 Å². The molecule has 0 saturated carbocycles. The number of aliphatic carboxylic acids is 2. The van der Waals surface area contributed by atoms with Gasteiger partial charge in [-0.2, -0.15) is 0 Å². The van der Waals surface area contributed by atoms with E-state index in [1.807, 2.05) is 65.8 Å². The van der Waals surface area contributed by atoms with E-state index in [0.29, 0.717) is 0 Å². The van der Waals surface area contributed by atoms with Crippen LogP contribution in [0.25, 0.3) is 0 Å². The summed E-state index contributed by atoms with van der Waals surface area (Å²) in [4.78, 5) is 21.1. The van der Waals surface area contributed by atoms with E-state index >= 15 is 0 Å². The van der Waals surface area contributed by atoms with Crippen LogP contribution < -0.4 is 0 Å². The number of aryl methyl sites for hydroxylation is 6. The Balaban J connectivity index is 0.000000260. The van der Waals surface area contributed by atoms with Gasteiger partial charge >= 0.3 is 11.9 Å². The van der Waals surface area contributed by atoms with Crippen LogP contribution in [0.4, 0.5) is 0 Å². The molecule has 0 fully saturated rings. The van der Waals surface area contributed by atoms with Crippen LogP contribution in [0, 0.1) is 41.5 Å². The van der Waals surface area contributed by atoms with Gasteiger partial charge in [0.05, 0.1) is 12.8 Å². The van der Waals surface area contributed by atoms with Gasteiger partial charge in [-0.1, -0.05) is 35.4 Å². The molecule has 2 rings (SSSR count). The summed E-state index contributed by atoms with van der Waals surface area (Å²) in [6.07, 6.45) is 0.246. The Labute approximate surface area is 155 Å². The van der Waals surface area contributed by atoms with Crippen molar-refractivity contribution in [1.29, 1.82) is 0 Å². The van der Waals surface area contributed by atoms with Crippen molar-refractivity contribution in [2.24, 2.45) is 0 Å². The number of carbonyl (C=O) groups is 2. The Kier molecular flexibility index (Phi) is 7.56. The minimum atomic E-state index is -0.768. The third-order valence-electron chi connectivity index (χ3n) is 4.34. The maximum Gasteiger partial charge on any atom is 0.307 e. The van der Waals surface area contributed by atoms with Gasteiger partial charge in [-0.05, 0) is 74.9 Å². The maximum atomic E-state index is 10.6. The normalized spacial score (nSPS) is 10.1. The highest BCUT2D eigenvalue weighted by Crippen LogP contribution is 2.17. The molecule has 2 aromatic rings. The summed E-state index contributed by atoms with van der Waals surface area (Å²) in [5.41, 5.74) is 8.53. The van der Waals surface area contributed by atoms with E-state index in [4.69, 9.17) is 10.2 Å². The number of carboxylic acid groups (broad SMARTS) is 2. The second-order valence-corrected chi connectivity index (χ2v) is 6.90. The van der Waals surface area contributed by atoms with Gasteiger partial charge in [0, 0.05) is 0 Å². The third kappa shape index (κ3) is 6.36. The van der Waals surface area contributed by atoms with Crippen LogP contribution in [-0.2, 0) is 22.4 Å². The summed E-state index contributed by atoms with van der Waals surface area (Å²) >= 11 is 0. The number of rotatable bonds is 4. The van der Waals surface area contributed by atoms with Crippen molar-refractivity contribution in [3.05, 3.63) is 68.8 Å². The molecule has 4 nitrogen and oxygen atoms in total. The molecule has 0 amide bonds. The summed E-state index contributed by atoms with van der Waals surface area (Å²) in [5, 5.41) is 17.4. The molecule has 0 aliphatic heterocycles. The van der Waals surface area contributed by atoms with E-state index in [9.17, 15) is 9.59 Å². The number of carboxylic acids is 2. The SMILES string of the molecule is Cc1cc(C)c(CC(=O)O)c(C)c1.Cc1cc(C)c(CC(=O)O)c(C)c1. The average molecular weight is 356 g/mol. The van der Waals surface area contributed by atoms with Crippen molar-refractivity contribution in [1.82, 2.24) is 0 Å². The first-order valence-corrected chi connectivity index (χ1v) is 8.58. The topological polar surface area (TPSA) is 74.6 Å². The molecular formula is C22H28O4. The summed E-state index contributed by atoms with van der Waals surface area (Å²) in [5.74, 6) is -1.54. The molecule has 26 heavy (non-hydrogen) atoms. The van der Waals surface area contributed by atoms with Gasteiger partial charge in [-0.25, -0.2) is 0 Å². The maximum absolute atomic E-state index is 10.6. The van der Waals surface area contributed by atoms with Crippen LogP contribution in [0.3, 0.4) is 0 Å². The van der Waals surface area contributed by atoms with Gasteiger partial charge in [-0.3, -0.25) is 9.59 Å². The molecule has 140 valence electrons. The zero-order chi connectivity index (χ0) is 20.0. The van der Waals surface area contributed by atoms with Crippen molar-refractivity contribution in [2.45, 2.75) is 54.4 Å². The molecule has 2 N–H and O–H groups in total. The van der Waals surface area contributed by atoms with E-state index < -0.39 is 11.9 Å². The second kappa shape index (κ2) is 9.18. The Bertz CT molecular complexity index is 703. The van der Waals surface area contributed by atoms with Crippen molar-refractivity contribution in [2.75, 3.05) is 0 Å². The van der Waals surface area contributed by atoms with Gasteiger partial charge in [-0.15, -0.1) is 0 Å². The monoisotopic (exact) mass is 356 g/mol. The minimum absolute atomic E-state index is 0.123. The predicted molar refractivity (Wildman–Crippen MR) is 104 cm³/mol. The summed E-state index contributed by atoms with van der Waals surface area (Å²) in [7, 11) is 0. The van der Waals surface area contributed by atoms with E-state index in [0.717, 1.165) is 33.4 Å². The largest absolute Gasteiger partial charge is 0.481 e. The fraction of sp³-hybridized carbons (Fsp3) is 0.364. The van der Waals surface area contributed by atoms with Gasteiger partial charge in [0.15, 0.2) is 0 Å². The lowest BCUT2D eigenvalue weighted by atomic mass is 9.97. The van der Waals surface area contributed by atoms with Crippen LogP contribution in [0.1, 0.15) is 44.5 Å². The lowest BCUT2D eigenvalue weighted by molar-refractivity contribution is -0.137. The molecule has 4 heteroatoms. The predicted octanol–water partition coefficient (Wildman–Crippen LogP) is 4.48. The molecule has 0 saturated heterocycles. The van der Waals surface area contributed by atoms with Crippen LogP contribution in [0.2, 0.25) is 0 Å². The molecule has 0 aromatic heterocycles. The molecule has 0 atom stereocenters. The Morgan fingerprint density at radius 2 is 0.846 bits per heavy atom. The molecular weight excluding hydrogens is 328 g/mol. The molecule has 2 aromatic carbocycles. The third-order valence-corrected chi connectivity index (χ3v) is 4.34. The summed E-state index contributed by atoms with van der Waals surface area (Å²) in [6.45, 7) is 11.9. The van der Waals surface area contributed by atoms with Crippen LogP contribution in [0.5, 0.6) is 0 Å². The molecule has 0 spiro atoms. The van der Waals surface area contributed by atoms with Crippen molar-refractivity contribution < 1.29 is 19.8 Å². The molecule has 0 radical (unpaired) electrons. The molecule has 0 aliphatic rings.